The number of hydrogen-bond acceptors (Lipinski definition) is 4. The first kappa shape index (κ1) is 23.4. The fourth-order valence-corrected chi connectivity index (χ4v) is 3.46. The van der Waals surface area contributed by atoms with E-state index in [-0.39, 0.29) is 5.41 Å². The molecule has 1 aliphatic rings. The minimum absolute atomic E-state index is 0.00753. The number of carboxylic acids is 2. The maximum Gasteiger partial charge on any atom is 0.414 e. The molecule has 0 amide bonds. The van der Waals surface area contributed by atoms with Gasteiger partial charge in [0.1, 0.15) is 12.4 Å². The zero-order valence-corrected chi connectivity index (χ0v) is 17.7. The van der Waals surface area contributed by atoms with E-state index in [2.05, 4.69) is 73.3 Å². The van der Waals surface area contributed by atoms with Crippen LogP contribution in [0.2, 0.25) is 0 Å². The van der Waals surface area contributed by atoms with Crippen LogP contribution >= 0.6 is 0 Å². The zero-order valence-electron chi connectivity index (χ0n) is 17.7. The molecule has 0 saturated carbocycles. The SMILES string of the molecule is CC(C)(c1ccccc1)c1ccc(OCCN2CCCCC2)cc1.O=C(O)C(=O)O. The largest absolute Gasteiger partial charge is 0.492 e. The minimum Gasteiger partial charge on any atom is -0.492 e. The van der Waals surface area contributed by atoms with E-state index in [9.17, 15) is 0 Å². The van der Waals surface area contributed by atoms with E-state index in [1.807, 2.05) is 0 Å². The molecule has 0 aliphatic carbocycles. The number of rotatable bonds is 6. The van der Waals surface area contributed by atoms with Crippen molar-refractivity contribution in [3.63, 3.8) is 0 Å². The molecular formula is C24H31NO5. The van der Waals surface area contributed by atoms with Gasteiger partial charge in [0.15, 0.2) is 0 Å². The van der Waals surface area contributed by atoms with Crippen LogP contribution in [0, 0.1) is 0 Å². The molecule has 1 fully saturated rings. The van der Waals surface area contributed by atoms with E-state index in [1.165, 1.54) is 43.5 Å². The molecule has 6 nitrogen and oxygen atoms in total. The molecule has 6 heteroatoms. The summed E-state index contributed by atoms with van der Waals surface area (Å²) < 4.78 is 5.94. The highest BCUT2D eigenvalue weighted by molar-refractivity contribution is 6.27. The van der Waals surface area contributed by atoms with E-state index >= 15 is 0 Å². The van der Waals surface area contributed by atoms with Crippen molar-refractivity contribution in [2.45, 2.75) is 38.5 Å². The highest BCUT2D eigenvalue weighted by atomic mass is 16.5. The average molecular weight is 414 g/mol. The number of benzene rings is 2. The lowest BCUT2D eigenvalue weighted by Gasteiger charge is -2.27. The van der Waals surface area contributed by atoms with Gasteiger partial charge in [0.2, 0.25) is 0 Å². The van der Waals surface area contributed by atoms with Gasteiger partial charge < -0.3 is 14.9 Å². The maximum atomic E-state index is 9.10. The summed E-state index contributed by atoms with van der Waals surface area (Å²) in [6, 6.07) is 19.3. The summed E-state index contributed by atoms with van der Waals surface area (Å²) in [6.45, 7) is 8.82. The first-order valence-corrected chi connectivity index (χ1v) is 10.3. The fourth-order valence-electron chi connectivity index (χ4n) is 3.46. The van der Waals surface area contributed by atoms with E-state index in [0.717, 1.165) is 18.9 Å². The second-order valence-corrected chi connectivity index (χ2v) is 7.88. The number of likely N-dealkylation sites (tertiary alicyclic amines) is 1. The van der Waals surface area contributed by atoms with Crippen molar-refractivity contribution in [1.82, 2.24) is 4.90 Å². The van der Waals surface area contributed by atoms with E-state index < -0.39 is 11.9 Å². The van der Waals surface area contributed by atoms with Gasteiger partial charge in [0.05, 0.1) is 0 Å². The second kappa shape index (κ2) is 11.4. The lowest BCUT2D eigenvalue weighted by Crippen LogP contribution is -2.33. The molecule has 0 spiro atoms. The van der Waals surface area contributed by atoms with Gasteiger partial charge in [-0.1, -0.05) is 62.7 Å². The predicted octanol–water partition coefficient (Wildman–Crippen LogP) is 4.03. The van der Waals surface area contributed by atoms with Crippen LogP contribution in [0.15, 0.2) is 54.6 Å². The van der Waals surface area contributed by atoms with Gasteiger partial charge >= 0.3 is 11.9 Å². The maximum absolute atomic E-state index is 9.10. The van der Waals surface area contributed by atoms with Crippen molar-refractivity contribution in [2.24, 2.45) is 0 Å². The molecule has 162 valence electrons. The van der Waals surface area contributed by atoms with E-state index in [1.54, 1.807) is 0 Å². The van der Waals surface area contributed by atoms with Gasteiger partial charge in [0, 0.05) is 12.0 Å². The Morgan fingerprint density at radius 2 is 1.40 bits per heavy atom. The van der Waals surface area contributed by atoms with Crippen LogP contribution in [0.3, 0.4) is 0 Å². The summed E-state index contributed by atoms with van der Waals surface area (Å²) in [5, 5.41) is 14.8. The van der Waals surface area contributed by atoms with Crippen LogP contribution in [0.1, 0.15) is 44.2 Å². The number of carboxylic acid groups (broad SMARTS) is 2. The molecule has 30 heavy (non-hydrogen) atoms. The number of hydrogen-bond donors (Lipinski definition) is 2. The molecule has 0 radical (unpaired) electrons. The van der Waals surface area contributed by atoms with Crippen LogP contribution in [0.5, 0.6) is 5.75 Å². The Hall–Kier alpha value is -2.86. The normalized spacial score (nSPS) is 14.3. The van der Waals surface area contributed by atoms with Crippen molar-refractivity contribution in [2.75, 3.05) is 26.2 Å². The van der Waals surface area contributed by atoms with Gasteiger partial charge in [0.25, 0.3) is 0 Å². The van der Waals surface area contributed by atoms with Crippen molar-refractivity contribution in [3.05, 3.63) is 65.7 Å². The summed E-state index contributed by atoms with van der Waals surface area (Å²) in [6.07, 6.45) is 4.06. The highest BCUT2D eigenvalue weighted by Crippen LogP contribution is 2.32. The van der Waals surface area contributed by atoms with Gasteiger partial charge in [-0.15, -0.1) is 0 Å². The molecule has 2 aromatic carbocycles. The number of aliphatic carboxylic acids is 2. The van der Waals surface area contributed by atoms with Crippen molar-refractivity contribution in [1.29, 1.82) is 0 Å². The third-order valence-electron chi connectivity index (χ3n) is 5.38. The Bertz CT molecular complexity index is 784. The molecule has 0 unspecified atom stereocenters. The Labute approximate surface area is 178 Å². The average Bonchev–Trinajstić information content (AvgIpc) is 2.76. The summed E-state index contributed by atoms with van der Waals surface area (Å²) in [7, 11) is 0. The lowest BCUT2D eigenvalue weighted by molar-refractivity contribution is -0.159. The van der Waals surface area contributed by atoms with Gasteiger partial charge in [-0.3, -0.25) is 4.90 Å². The summed E-state index contributed by atoms with van der Waals surface area (Å²) in [5.74, 6) is -2.68. The fraction of sp³-hybridized carbons (Fsp3) is 0.417. The third kappa shape index (κ3) is 7.19. The van der Waals surface area contributed by atoms with Crippen molar-refractivity contribution < 1.29 is 24.5 Å². The molecule has 0 bridgehead atoms. The molecule has 0 aromatic heterocycles. The molecule has 1 aliphatic heterocycles. The Kier molecular flexibility index (Phi) is 8.87. The standard InChI is InChI=1S/C22H29NO.C2H2O4/c1-22(2,19-9-5-3-6-10-19)20-11-13-21(14-12-20)24-18-17-23-15-7-4-8-16-23;3-1(4)2(5)6/h3,5-6,9-14H,4,7-8,15-18H2,1-2H3;(H,3,4)(H,5,6). The first-order valence-electron chi connectivity index (χ1n) is 10.3. The summed E-state index contributed by atoms with van der Waals surface area (Å²) in [4.78, 5) is 20.7. The minimum atomic E-state index is -1.82. The van der Waals surface area contributed by atoms with Crippen LogP contribution < -0.4 is 4.74 Å². The number of nitrogens with zero attached hydrogens (tertiary/aromatic N) is 1. The Morgan fingerprint density at radius 1 is 0.867 bits per heavy atom. The van der Waals surface area contributed by atoms with Crippen molar-refractivity contribution >= 4 is 11.9 Å². The van der Waals surface area contributed by atoms with Crippen LogP contribution in [-0.2, 0) is 15.0 Å². The molecule has 1 saturated heterocycles. The number of piperidine rings is 1. The highest BCUT2D eigenvalue weighted by Gasteiger charge is 2.22. The zero-order chi connectivity index (χ0) is 22.0. The van der Waals surface area contributed by atoms with Crippen LogP contribution in [0.25, 0.3) is 0 Å². The van der Waals surface area contributed by atoms with Gasteiger partial charge in [-0.05, 0) is 49.2 Å². The van der Waals surface area contributed by atoms with Crippen LogP contribution in [-0.4, -0.2) is 53.3 Å². The van der Waals surface area contributed by atoms with Crippen LogP contribution in [0.4, 0.5) is 0 Å². The third-order valence-corrected chi connectivity index (χ3v) is 5.38. The summed E-state index contributed by atoms with van der Waals surface area (Å²) in [5.41, 5.74) is 2.66. The Balaban J connectivity index is 0.000000469. The predicted molar refractivity (Wildman–Crippen MR) is 116 cm³/mol. The molecule has 2 N–H and O–H groups in total. The van der Waals surface area contributed by atoms with Gasteiger partial charge in [-0.2, -0.15) is 0 Å². The molecular weight excluding hydrogens is 382 g/mol. The quantitative estimate of drug-likeness (QED) is 0.695. The monoisotopic (exact) mass is 413 g/mol. The number of carbonyl (C=O) groups is 2. The molecule has 3 rings (SSSR count). The van der Waals surface area contributed by atoms with E-state index in [4.69, 9.17) is 24.5 Å². The molecule has 2 aromatic rings. The summed E-state index contributed by atoms with van der Waals surface area (Å²) >= 11 is 0. The second-order valence-electron chi connectivity index (χ2n) is 7.88. The topological polar surface area (TPSA) is 87.1 Å². The number of ether oxygens (including phenoxy) is 1. The molecule has 0 atom stereocenters. The first-order chi connectivity index (χ1) is 14.3. The Morgan fingerprint density at radius 3 is 1.93 bits per heavy atom. The lowest BCUT2D eigenvalue weighted by atomic mass is 9.78. The van der Waals surface area contributed by atoms with Gasteiger partial charge in [-0.25, -0.2) is 9.59 Å². The smallest absolute Gasteiger partial charge is 0.414 e. The molecule has 1 heterocycles. The van der Waals surface area contributed by atoms with Crippen molar-refractivity contribution in [3.8, 4) is 5.75 Å². The van der Waals surface area contributed by atoms with E-state index in [0.29, 0.717) is 0 Å².